The largest absolute Gasteiger partial charge is 0.416 e. The zero-order valence-electron chi connectivity index (χ0n) is 17.1. The van der Waals surface area contributed by atoms with Gasteiger partial charge in [0.1, 0.15) is 0 Å². The van der Waals surface area contributed by atoms with Gasteiger partial charge in [0.2, 0.25) is 5.91 Å². The molecule has 164 valence electrons. The molecule has 1 aliphatic heterocycles. The number of alkyl halides is 3. The second-order valence-electron chi connectivity index (χ2n) is 8.53. The van der Waals surface area contributed by atoms with E-state index in [9.17, 15) is 18.0 Å². The Morgan fingerprint density at radius 2 is 1.71 bits per heavy atom. The summed E-state index contributed by atoms with van der Waals surface area (Å²) in [4.78, 5) is 17.3. The Morgan fingerprint density at radius 3 is 2.39 bits per heavy atom. The fraction of sp³-hybridized carbons (Fsp3) is 0.417. The molecule has 3 N–H and O–H groups in total. The minimum Gasteiger partial charge on any atom is -0.370 e. The molecule has 0 saturated heterocycles. The number of rotatable bonds is 4. The molecular formula is C24H26F3N3O. The molecule has 0 bridgehead atoms. The predicted octanol–water partition coefficient (Wildman–Crippen LogP) is 4.65. The van der Waals surface area contributed by atoms with E-state index < -0.39 is 17.7 Å². The Labute approximate surface area is 179 Å². The molecule has 31 heavy (non-hydrogen) atoms. The summed E-state index contributed by atoms with van der Waals surface area (Å²) in [6.45, 7) is 0. The van der Waals surface area contributed by atoms with Crippen molar-refractivity contribution in [2.75, 3.05) is 0 Å². The summed E-state index contributed by atoms with van der Waals surface area (Å²) >= 11 is 0. The molecule has 2 aliphatic rings. The molecule has 0 aromatic heterocycles. The van der Waals surface area contributed by atoms with Crippen LogP contribution in [0, 0.1) is 11.8 Å². The molecule has 4 rings (SSSR count). The van der Waals surface area contributed by atoms with Gasteiger partial charge >= 0.3 is 6.18 Å². The van der Waals surface area contributed by atoms with Crippen LogP contribution in [0.3, 0.4) is 0 Å². The Hall–Kier alpha value is -2.83. The fourth-order valence-electron chi connectivity index (χ4n) is 4.95. The van der Waals surface area contributed by atoms with Crippen LogP contribution in [0.5, 0.6) is 0 Å². The molecule has 0 radical (unpaired) electrons. The highest BCUT2D eigenvalue weighted by atomic mass is 19.4. The van der Waals surface area contributed by atoms with Crippen LogP contribution in [0.4, 0.5) is 13.2 Å². The maximum atomic E-state index is 13.1. The van der Waals surface area contributed by atoms with Crippen LogP contribution in [-0.4, -0.2) is 17.9 Å². The first-order valence-electron chi connectivity index (χ1n) is 10.7. The van der Waals surface area contributed by atoms with Crippen molar-refractivity contribution in [1.29, 1.82) is 0 Å². The van der Waals surface area contributed by atoms with Gasteiger partial charge in [0.05, 0.1) is 17.5 Å². The number of nitrogens with zero attached hydrogens (tertiary/aromatic N) is 1. The van der Waals surface area contributed by atoms with Gasteiger partial charge in [0.15, 0.2) is 5.96 Å². The van der Waals surface area contributed by atoms with Crippen molar-refractivity contribution >= 4 is 11.9 Å². The van der Waals surface area contributed by atoms with Crippen LogP contribution in [0.25, 0.3) is 0 Å². The van der Waals surface area contributed by atoms with Gasteiger partial charge in [0.25, 0.3) is 0 Å². The fourth-order valence-corrected chi connectivity index (χ4v) is 4.95. The van der Waals surface area contributed by atoms with E-state index in [1.165, 1.54) is 11.6 Å². The number of hydrogen-bond acceptors (Lipinski definition) is 3. The van der Waals surface area contributed by atoms with Crippen molar-refractivity contribution in [3.8, 4) is 0 Å². The van der Waals surface area contributed by atoms with Crippen LogP contribution in [0.1, 0.15) is 48.3 Å². The molecule has 2 aromatic carbocycles. The third kappa shape index (κ3) is 4.92. The molecule has 7 heteroatoms. The minimum absolute atomic E-state index is 0.0977. The van der Waals surface area contributed by atoms with Gasteiger partial charge < -0.3 is 5.73 Å². The van der Waals surface area contributed by atoms with Crippen LogP contribution in [0.2, 0.25) is 0 Å². The average Bonchev–Trinajstić information content (AvgIpc) is 2.76. The lowest BCUT2D eigenvalue weighted by atomic mass is 9.72. The quantitative estimate of drug-likeness (QED) is 0.743. The van der Waals surface area contributed by atoms with Gasteiger partial charge in [-0.2, -0.15) is 13.2 Å². The number of halogens is 3. The number of benzene rings is 2. The highest BCUT2D eigenvalue weighted by molar-refractivity contribution is 5.99. The van der Waals surface area contributed by atoms with Gasteiger partial charge in [-0.05, 0) is 61.1 Å². The topological polar surface area (TPSA) is 67.5 Å². The molecule has 2 atom stereocenters. The van der Waals surface area contributed by atoms with E-state index in [0.717, 1.165) is 37.8 Å². The summed E-state index contributed by atoms with van der Waals surface area (Å²) in [7, 11) is 0. The number of nitrogens with one attached hydrogen (secondary N) is 1. The normalized spacial score (nSPS) is 26.8. The van der Waals surface area contributed by atoms with E-state index in [1.807, 2.05) is 18.2 Å². The van der Waals surface area contributed by atoms with E-state index in [1.54, 1.807) is 6.07 Å². The number of nitrogens with two attached hydrogens (primary N) is 1. The molecule has 1 heterocycles. The zero-order chi connectivity index (χ0) is 22.0. The third-order valence-corrected chi connectivity index (χ3v) is 6.52. The summed E-state index contributed by atoms with van der Waals surface area (Å²) in [5.74, 6) is -0.0342. The predicted molar refractivity (Wildman–Crippen MR) is 113 cm³/mol. The molecule has 2 aromatic rings. The first-order chi connectivity index (χ1) is 14.8. The summed E-state index contributed by atoms with van der Waals surface area (Å²) in [6, 6.07) is 15.3. The number of carbonyl (C=O) groups is 1. The second-order valence-corrected chi connectivity index (χ2v) is 8.53. The maximum Gasteiger partial charge on any atom is 0.416 e. The monoisotopic (exact) mass is 429 g/mol. The molecule has 1 aliphatic carbocycles. The molecule has 1 amide bonds. The van der Waals surface area contributed by atoms with Crippen molar-refractivity contribution in [3.63, 3.8) is 0 Å². The van der Waals surface area contributed by atoms with Gasteiger partial charge in [-0.15, -0.1) is 0 Å². The van der Waals surface area contributed by atoms with Crippen LogP contribution in [0.15, 0.2) is 59.6 Å². The average molecular weight is 429 g/mol. The van der Waals surface area contributed by atoms with E-state index in [-0.39, 0.29) is 30.2 Å². The van der Waals surface area contributed by atoms with E-state index in [0.29, 0.717) is 11.5 Å². The first kappa shape index (κ1) is 21.4. The number of aliphatic imine (C=N–C) groups is 1. The van der Waals surface area contributed by atoms with Crippen molar-refractivity contribution < 1.29 is 18.0 Å². The van der Waals surface area contributed by atoms with Crippen molar-refractivity contribution in [1.82, 2.24) is 5.32 Å². The zero-order valence-corrected chi connectivity index (χ0v) is 17.1. The van der Waals surface area contributed by atoms with Crippen molar-refractivity contribution in [2.45, 2.75) is 50.2 Å². The smallest absolute Gasteiger partial charge is 0.370 e. The van der Waals surface area contributed by atoms with Crippen molar-refractivity contribution in [2.24, 2.45) is 22.6 Å². The lowest BCUT2D eigenvalue weighted by molar-refractivity contribution is -0.137. The molecule has 4 nitrogen and oxygen atoms in total. The van der Waals surface area contributed by atoms with Crippen LogP contribution >= 0.6 is 0 Å². The van der Waals surface area contributed by atoms with Gasteiger partial charge in [-0.1, -0.05) is 48.5 Å². The van der Waals surface area contributed by atoms with E-state index >= 15 is 0 Å². The first-order valence-corrected chi connectivity index (χ1v) is 10.7. The molecule has 1 saturated carbocycles. The number of amides is 1. The van der Waals surface area contributed by atoms with E-state index in [4.69, 9.17) is 5.73 Å². The summed E-state index contributed by atoms with van der Waals surface area (Å²) in [5, 5.41) is 2.56. The highest BCUT2D eigenvalue weighted by Gasteiger charge is 2.39. The molecule has 0 spiro atoms. The number of hydrogen-bond donors (Lipinski definition) is 2. The number of carbonyl (C=O) groups excluding carboxylic acids is 1. The lowest BCUT2D eigenvalue weighted by Gasteiger charge is -2.37. The maximum absolute atomic E-state index is 13.1. The second kappa shape index (κ2) is 8.73. The minimum atomic E-state index is -4.41. The standard InChI is InChI=1S/C24H26F3N3O/c25-24(26,27)19-8-4-5-15(13-19)14-20-21(29-23(28)30-22(20)31)18-11-9-17(10-12-18)16-6-2-1-3-7-16/h1-8,13,17-18,20-21H,9-12,14H2,(H3,28,29,30,31). The van der Waals surface area contributed by atoms with Gasteiger partial charge in [-0.3, -0.25) is 10.1 Å². The highest BCUT2D eigenvalue weighted by Crippen LogP contribution is 2.40. The number of guanidine groups is 1. The molecular weight excluding hydrogens is 403 g/mol. The Balaban J connectivity index is 1.50. The summed E-state index contributed by atoms with van der Waals surface area (Å²) < 4.78 is 39.3. The van der Waals surface area contributed by atoms with Crippen LogP contribution in [-0.2, 0) is 17.4 Å². The van der Waals surface area contributed by atoms with Gasteiger partial charge in [0, 0.05) is 0 Å². The Morgan fingerprint density at radius 1 is 1.00 bits per heavy atom. The van der Waals surface area contributed by atoms with Crippen LogP contribution < -0.4 is 11.1 Å². The van der Waals surface area contributed by atoms with Gasteiger partial charge in [-0.25, -0.2) is 4.99 Å². The summed E-state index contributed by atoms with van der Waals surface area (Å²) in [6.07, 6.45) is -0.393. The van der Waals surface area contributed by atoms with Crippen molar-refractivity contribution in [3.05, 3.63) is 71.3 Å². The summed E-state index contributed by atoms with van der Waals surface area (Å²) in [5.41, 5.74) is 6.95. The third-order valence-electron chi connectivity index (χ3n) is 6.52. The molecule has 2 unspecified atom stereocenters. The molecule has 1 fully saturated rings. The van der Waals surface area contributed by atoms with E-state index in [2.05, 4.69) is 22.4 Å². The Bertz CT molecular complexity index is 950. The Kier molecular flexibility index (Phi) is 6.03. The lowest BCUT2D eigenvalue weighted by Crippen LogP contribution is -2.52. The SMILES string of the molecule is NC1=NC(C2CCC(c3ccccc3)CC2)C(Cc2cccc(C(F)(F)F)c2)C(=O)N1.